The predicted molar refractivity (Wildman–Crippen MR) is 131 cm³/mol. The number of carboxylic acids is 1. The first-order valence-electron chi connectivity index (χ1n) is 11.0. The predicted octanol–water partition coefficient (Wildman–Crippen LogP) is 5.24. The van der Waals surface area contributed by atoms with Crippen LogP contribution in [0.25, 0.3) is 0 Å². The van der Waals surface area contributed by atoms with Crippen molar-refractivity contribution in [2.24, 2.45) is 0 Å². The van der Waals surface area contributed by atoms with Gasteiger partial charge < -0.3 is 19.5 Å². The number of aliphatic carboxylic acids is 1. The van der Waals surface area contributed by atoms with Crippen LogP contribution in [0.3, 0.4) is 0 Å². The lowest BCUT2D eigenvalue weighted by Gasteiger charge is -2.35. The van der Waals surface area contributed by atoms with Crippen LogP contribution < -0.4 is 9.47 Å². The molecule has 4 rings (SSSR count). The van der Waals surface area contributed by atoms with Crippen LogP contribution >= 0.6 is 11.8 Å². The summed E-state index contributed by atoms with van der Waals surface area (Å²) in [6.45, 7) is 2.07. The van der Waals surface area contributed by atoms with Gasteiger partial charge in [-0.05, 0) is 48.9 Å². The van der Waals surface area contributed by atoms with Crippen molar-refractivity contribution in [2.75, 3.05) is 14.2 Å². The molecule has 2 atom stereocenters. The fourth-order valence-electron chi connectivity index (χ4n) is 4.40. The lowest BCUT2D eigenvalue weighted by Crippen LogP contribution is -2.41. The van der Waals surface area contributed by atoms with Gasteiger partial charge in [-0.2, -0.15) is 0 Å². The molecule has 0 radical (unpaired) electrons. The van der Waals surface area contributed by atoms with Crippen molar-refractivity contribution < 1.29 is 28.6 Å². The zero-order valence-electron chi connectivity index (χ0n) is 19.7. The summed E-state index contributed by atoms with van der Waals surface area (Å²) in [5.41, 5.74) is 2.30. The van der Waals surface area contributed by atoms with Crippen molar-refractivity contribution in [3.63, 3.8) is 0 Å². The molecule has 1 aliphatic heterocycles. The van der Waals surface area contributed by atoms with Gasteiger partial charge in [0.25, 0.3) is 0 Å². The van der Waals surface area contributed by atoms with Gasteiger partial charge in [0.05, 0.1) is 26.7 Å². The number of hydrogen-bond donors (Lipinski definition) is 1. The Labute approximate surface area is 207 Å². The lowest BCUT2D eigenvalue weighted by atomic mass is 9.92. The highest BCUT2D eigenvalue weighted by atomic mass is 32.2. The van der Waals surface area contributed by atoms with Crippen LogP contribution in [0.1, 0.15) is 29.2 Å². The zero-order chi connectivity index (χ0) is 25.2. The summed E-state index contributed by atoms with van der Waals surface area (Å²) in [6.07, 6.45) is -0.207. The smallest absolute Gasteiger partial charge is 0.323 e. The van der Waals surface area contributed by atoms with E-state index in [1.54, 1.807) is 42.3 Å². The third-order valence-corrected chi connectivity index (χ3v) is 7.61. The Morgan fingerprint density at radius 3 is 2.37 bits per heavy atom. The van der Waals surface area contributed by atoms with Crippen LogP contribution in [0.2, 0.25) is 0 Å². The number of carbonyl (C=O) groups is 2. The van der Waals surface area contributed by atoms with E-state index in [1.165, 1.54) is 19.2 Å². The first-order chi connectivity index (χ1) is 16.8. The highest BCUT2D eigenvalue weighted by molar-refractivity contribution is 8.01. The molecule has 0 saturated carbocycles. The number of methoxy groups -OCH3 is 2. The molecule has 3 aromatic rings. The van der Waals surface area contributed by atoms with Gasteiger partial charge in [-0.15, -0.1) is 11.8 Å². The van der Waals surface area contributed by atoms with Crippen LogP contribution in [-0.4, -0.2) is 40.8 Å². The van der Waals surface area contributed by atoms with Crippen molar-refractivity contribution in [2.45, 2.75) is 35.6 Å². The van der Waals surface area contributed by atoms with Crippen molar-refractivity contribution in [3.8, 4) is 11.5 Å². The molecule has 35 heavy (non-hydrogen) atoms. The quantitative estimate of drug-likeness (QED) is 0.461. The number of rotatable bonds is 8. The van der Waals surface area contributed by atoms with E-state index >= 15 is 0 Å². The molecule has 0 aliphatic carbocycles. The van der Waals surface area contributed by atoms with E-state index in [1.807, 2.05) is 31.2 Å². The van der Waals surface area contributed by atoms with E-state index in [9.17, 15) is 19.1 Å². The number of hydrogen-bond acceptors (Lipinski definition) is 5. The number of carboxylic acid groups (broad SMARTS) is 1. The molecule has 1 unspecified atom stereocenters. The second-order valence-electron chi connectivity index (χ2n) is 8.44. The fourth-order valence-corrected chi connectivity index (χ4v) is 5.75. The van der Waals surface area contributed by atoms with E-state index in [4.69, 9.17) is 9.47 Å². The average Bonchev–Trinajstić information content (AvgIpc) is 3.13. The molecule has 182 valence electrons. The summed E-state index contributed by atoms with van der Waals surface area (Å²) < 4.78 is 23.0. The van der Waals surface area contributed by atoms with Gasteiger partial charge in [-0.1, -0.05) is 29.8 Å². The first-order valence-corrected chi connectivity index (χ1v) is 11.8. The molecule has 1 amide bonds. The van der Waals surface area contributed by atoms with Crippen LogP contribution in [0.4, 0.5) is 4.39 Å². The van der Waals surface area contributed by atoms with E-state index in [-0.39, 0.29) is 18.9 Å². The summed E-state index contributed by atoms with van der Waals surface area (Å²) in [7, 11) is 3.07. The van der Waals surface area contributed by atoms with Gasteiger partial charge in [0.2, 0.25) is 5.91 Å². The van der Waals surface area contributed by atoms with E-state index < -0.39 is 22.6 Å². The Kier molecular flexibility index (Phi) is 7.03. The number of carbonyl (C=O) groups excluding carboxylic acids is 1. The Balaban J connectivity index is 1.81. The average molecular weight is 496 g/mol. The maximum absolute atomic E-state index is 13.8. The number of aryl methyl sites for hydroxylation is 1. The van der Waals surface area contributed by atoms with Crippen LogP contribution in [0.5, 0.6) is 11.5 Å². The van der Waals surface area contributed by atoms with Gasteiger partial charge in [-0.3, -0.25) is 9.59 Å². The minimum absolute atomic E-state index is 0.123. The monoisotopic (exact) mass is 495 g/mol. The normalized spacial score (nSPS) is 19.6. The zero-order valence-corrected chi connectivity index (χ0v) is 20.5. The molecule has 6 nitrogen and oxygen atoms in total. The van der Waals surface area contributed by atoms with Crippen LogP contribution in [0.15, 0.2) is 71.6 Å². The Morgan fingerprint density at radius 1 is 1.09 bits per heavy atom. The molecular weight excluding hydrogens is 469 g/mol. The second kappa shape index (κ2) is 10.00. The Hall–Kier alpha value is -3.52. The second-order valence-corrected chi connectivity index (χ2v) is 9.84. The summed E-state index contributed by atoms with van der Waals surface area (Å²) in [4.78, 5) is 28.6. The van der Waals surface area contributed by atoms with Gasteiger partial charge in [0.15, 0.2) is 4.75 Å². The van der Waals surface area contributed by atoms with E-state index in [2.05, 4.69) is 0 Å². The molecule has 0 bridgehead atoms. The molecule has 1 N–H and O–H groups in total. The lowest BCUT2D eigenvalue weighted by molar-refractivity contribution is -0.140. The summed E-state index contributed by atoms with van der Waals surface area (Å²) in [5.74, 6) is -0.722. The maximum Gasteiger partial charge on any atom is 0.323 e. The minimum Gasteiger partial charge on any atom is -0.497 e. The SMILES string of the molecule is COc1ccc(CN2C(=O)C[C@](Sc3ccc(C)cc3)(C(=O)O)C2c2ccc(F)cc2)c(OC)c1. The topological polar surface area (TPSA) is 76.1 Å². The van der Waals surface area contributed by atoms with Crippen molar-refractivity contribution >= 4 is 23.6 Å². The molecule has 1 fully saturated rings. The Bertz CT molecular complexity index is 1230. The largest absolute Gasteiger partial charge is 0.497 e. The van der Waals surface area contributed by atoms with Gasteiger partial charge in [0, 0.05) is 23.1 Å². The maximum atomic E-state index is 13.8. The van der Waals surface area contributed by atoms with Crippen molar-refractivity contribution in [3.05, 3.63) is 89.2 Å². The van der Waals surface area contributed by atoms with Gasteiger partial charge in [-0.25, -0.2) is 4.39 Å². The summed E-state index contributed by atoms with van der Waals surface area (Å²) in [6, 6.07) is 17.6. The molecule has 1 saturated heterocycles. The van der Waals surface area contributed by atoms with E-state index in [0.717, 1.165) is 22.2 Å². The number of benzene rings is 3. The Morgan fingerprint density at radius 2 is 1.77 bits per heavy atom. The number of ether oxygens (including phenoxy) is 2. The standard InChI is InChI=1S/C27H26FNO5S/c1-17-4-12-22(13-5-17)35-27(26(31)32)15-24(30)29(25(27)18-6-9-20(28)10-7-18)16-19-8-11-21(33-2)14-23(19)34-3/h4-14,25H,15-16H2,1-3H3,(H,31,32)/t25?,27-/m1/s1. The summed E-state index contributed by atoms with van der Waals surface area (Å²) >= 11 is 1.15. The van der Waals surface area contributed by atoms with E-state index in [0.29, 0.717) is 22.6 Å². The molecule has 1 heterocycles. The highest BCUT2D eigenvalue weighted by Gasteiger charge is 2.58. The molecule has 8 heteroatoms. The minimum atomic E-state index is -1.51. The molecule has 1 aliphatic rings. The fraction of sp³-hybridized carbons (Fsp3) is 0.259. The van der Waals surface area contributed by atoms with Crippen LogP contribution in [0, 0.1) is 12.7 Å². The third kappa shape index (κ3) is 4.84. The molecular formula is C27H26FNO5S. The summed E-state index contributed by atoms with van der Waals surface area (Å²) in [5, 5.41) is 10.5. The van der Waals surface area contributed by atoms with Crippen LogP contribution in [-0.2, 0) is 16.1 Å². The molecule has 3 aromatic carbocycles. The number of thioether (sulfide) groups is 1. The van der Waals surface area contributed by atoms with Crippen molar-refractivity contribution in [1.29, 1.82) is 0 Å². The highest BCUT2D eigenvalue weighted by Crippen LogP contribution is 2.53. The third-order valence-electron chi connectivity index (χ3n) is 6.19. The first kappa shape index (κ1) is 24.6. The van der Waals surface area contributed by atoms with Gasteiger partial charge in [0.1, 0.15) is 17.3 Å². The van der Waals surface area contributed by atoms with Gasteiger partial charge >= 0.3 is 5.97 Å². The number of halogens is 1. The number of nitrogens with zero attached hydrogens (tertiary/aromatic N) is 1. The molecule has 0 aromatic heterocycles. The van der Waals surface area contributed by atoms with Crippen molar-refractivity contribution in [1.82, 2.24) is 4.90 Å². The number of amides is 1. The molecule has 0 spiro atoms. The number of likely N-dealkylation sites (tertiary alicyclic amines) is 1.